The molecule has 0 aliphatic carbocycles. The van der Waals surface area contributed by atoms with Gasteiger partial charge in [-0.15, -0.1) is 11.3 Å². The summed E-state index contributed by atoms with van der Waals surface area (Å²) in [6.45, 7) is 3.96. The standard InChI is InChI=1S/C11H16N2O2S/c14-11(13-3-5-15-6-4-13)9-12-8-10-2-1-7-16-10/h1-2,7,12H,3-6,8-9H2. The summed E-state index contributed by atoms with van der Waals surface area (Å²) < 4.78 is 5.20. The van der Waals surface area contributed by atoms with Crippen LogP contribution in [0.2, 0.25) is 0 Å². The lowest BCUT2D eigenvalue weighted by Crippen LogP contribution is -2.44. The van der Waals surface area contributed by atoms with E-state index in [1.807, 2.05) is 16.3 Å². The Morgan fingerprint density at radius 3 is 3.00 bits per heavy atom. The quantitative estimate of drug-likeness (QED) is 0.842. The van der Waals surface area contributed by atoms with Crippen LogP contribution in [0.15, 0.2) is 17.5 Å². The minimum atomic E-state index is 0.167. The normalized spacial score (nSPS) is 16.4. The Hall–Kier alpha value is -0.910. The first kappa shape index (κ1) is 11.6. The van der Waals surface area contributed by atoms with Gasteiger partial charge in [0.05, 0.1) is 19.8 Å². The zero-order valence-electron chi connectivity index (χ0n) is 9.15. The van der Waals surface area contributed by atoms with E-state index in [1.54, 1.807) is 11.3 Å². The molecule has 0 bridgehead atoms. The number of carbonyl (C=O) groups excluding carboxylic acids is 1. The number of hydrogen-bond acceptors (Lipinski definition) is 4. The van der Waals surface area contributed by atoms with Crippen molar-refractivity contribution < 1.29 is 9.53 Å². The van der Waals surface area contributed by atoms with Gasteiger partial charge in [0.2, 0.25) is 5.91 Å². The third kappa shape index (κ3) is 3.30. The molecule has 1 fully saturated rings. The number of carbonyl (C=O) groups is 1. The first-order valence-electron chi connectivity index (χ1n) is 5.45. The fraction of sp³-hybridized carbons (Fsp3) is 0.545. The molecule has 16 heavy (non-hydrogen) atoms. The van der Waals surface area contributed by atoms with E-state index < -0.39 is 0 Å². The predicted octanol–water partition coefficient (Wildman–Crippen LogP) is 0.697. The van der Waals surface area contributed by atoms with Gasteiger partial charge in [-0.2, -0.15) is 0 Å². The Morgan fingerprint density at radius 2 is 2.31 bits per heavy atom. The van der Waals surface area contributed by atoms with E-state index in [0.29, 0.717) is 19.8 Å². The molecule has 0 saturated carbocycles. The van der Waals surface area contributed by atoms with Crippen LogP contribution in [0.5, 0.6) is 0 Å². The Kier molecular flexibility index (Phi) is 4.33. The molecule has 0 radical (unpaired) electrons. The van der Waals surface area contributed by atoms with E-state index in [9.17, 15) is 4.79 Å². The smallest absolute Gasteiger partial charge is 0.236 e. The van der Waals surface area contributed by atoms with Gasteiger partial charge in [-0.25, -0.2) is 0 Å². The first-order valence-corrected chi connectivity index (χ1v) is 6.33. The van der Waals surface area contributed by atoms with Crippen molar-refractivity contribution in [1.82, 2.24) is 10.2 Å². The van der Waals surface area contributed by atoms with Crippen LogP contribution in [0.4, 0.5) is 0 Å². The summed E-state index contributed by atoms with van der Waals surface area (Å²) in [6.07, 6.45) is 0. The summed E-state index contributed by atoms with van der Waals surface area (Å²) in [4.78, 5) is 14.8. The molecule has 88 valence electrons. The van der Waals surface area contributed by atoms with Crippen molar-refractivity contribution in [2.75, 3.05) is 32.8 Å². The van der Waals surface area contributed by atoms with Crippen LogP contribution in [0.25, 0.3) is 0 Å². The van der Waals surface area contributed by atoms with Crippen molar-refractivity contribution in [2.24, 2.45) is 0 Å². The molecule has 1 aliphatic heterocycles. The van der Waals surface area contributed by atoms with Gasteiger partial charge in [0.1, 0.15) is 0 Å². The molecular weight excluding hydrogens is 224 g/mol. The van der Waals surface area contributed by atoms with E-state index in [-0.39, 0.29) is 5.91 Å². The van der Waals surface area contributed by atoms with Gasteiger partial charge in [0, 0.05) is 24.5 Å². The van der Waals surface area contributed by atoms with Gasteiger partial charge in [-0.1, -0.05) is 6.07 Å². The van der Waals surface area contributed by atoms with Gasteiger partial charge in [-0.05, 0) is 11.4 Å². The second kappa shape index (κ2) is 5.98. The fourth-order valence-corrected chi connectivity index (χ4v) is 2.30. The lowest BCUT2D eigenvalue weighted by atomic mass is 10.4. The molecule has 0 aromatic carbocycles. The second-order valence-corrected chi connectivity index (χ2v) is 4.71. The highest BCUT2D eigenvalue weighted by Crippen LogP contribution is 2.07. The molecular formula is C11H16N2O2S. The minimum absolute atomic E-state index is 0.167. The molecule has 2 heterocycles. The van der Waals surface area contributed by atoms with Crippen molar-refractivity contribution in [3.05, 3.63) is 22.4 Å². The Labute approximate surface area is 99.2 Å². The van der Waals surface area contributed by atoms with Crippen LogP contribution in [0, 0.1) is 0 Å². The highest BCUT2D eigenvalue weighted by Gasteiger charge is 2.15. The van der Waals surface area contributed by atoms with Crippen LogP contribution in [-0.4, -0.2) is 43.7 Å². The summed E-state index contributed by atoms with van der Waals surface area (Å²) in [6, 6.07) is 4.09. The molecule has 0 unspecified atom stereocenters. The number of thiophene rings is 1. The number of morpholine rings is 1. The maximum atomic E-state index is 11.7. The molecule has 4 nitrogen and oxygen atoms in total. The van der Waals surface area contributed by atoms with Gasteiger partial charge in [0.15, 0.2) is 0 Å². The van der Waals surface area contributed by atoms with Crippen molar-refractivity contribution in [1.29, 1.82) is 0 Å². The average Bonchev–Trinajstić information content (AvgIpc) is 2.83. The van der Waals surface area contributed by atoms with E-state index in [2.05, 4.69) is 11.4 Å². The zero-order chi connectivity index (χ0) is 11.2. The highest BCUT2D eigenvalue weighted by molar-refractivity contribution is 7.09. The van der Waals surface area contributed by atoms with Gasteiger partial charge < -0.3 is 15.0 Å². The van der Waals surface area contributed by atoms with Crippen LogP contribution in [0.1, 0.15) is 4.88 Å². The van der Waals surface area contributed by atoms with E-state index in [4.69, 9.17) is 4.74 Å². The first-order chi connectivity index (χ1) is 7.86. The van der Waals surface area contributed by atoms with E-state index in [1.165, 1.54) is 4.88 Å². The molecule has 1 amide bonds. The number of rotatable bonds is 4. The number of hydrogen-bond donors (Lipinski definition) is 1. The minimum Gasteiger partial charge on any atom is -0.378 e. The van der Waals surface area contributed by atoms with Crippen molar-refractivity contribution in [2.45, 2.75) is 6.54 Å². The van der Waals surface area contributed by atoms with Gasteiger partial charge in [0.25, 0.3) is 0 Å². The van der Waals surface area contributed by atoms with E-state index >= 15 is 0 Å². The second-order valence-electron chi connectivity index (χ2n) is 3.68. The van der Waals surface area contributed by atoms with Crippen LogP contribution >= 0.6 is 11.3 Å². The molecule has 1 N–H and O–H groups in total. The van der Waals surface area contributed by atoms with Gasteiger partial charge in [-0.3, -0.25) is 4.79 Å². The Balaban J connectivity index is 1.67. The molecule has 1 aliphatic rings. The summed E-state index contributed by atoms with van der Waals surface area (Å²) in [5.74, 6) is 0.167. The van der Waals surface area contributed by atoms with Crippen molar-refractivity contribution in [3.63, 3.8) is 0 Å². The monoisotopic (exact) mass is 240 g/mol. The molecule has 1 aromatic heterocycles. The third-order valence-corrected chi connectivity index (χ3v) is 3.40. The lowest BCUT2D eigenvalue weighted by molar-refractivity contribution is -0.134. The van der Waals surface area contributed by atoms with Crippen LogP contribution in [-0.2, 0) is 16.1 Å². The largest absolute Gasteiger partial charge is 0.378 e. The van der Waals surface area contributed by atoms with Crippen LogP contribution < -0.4 is 5.32 Å². The summed E-state index contributed by atoms with van der Waals surface area (Å²) in [5, 5.41) is 5.21. The number of nitrogens with zero attached hydrogens (tertiary/aromatic N) is 1. The van der Waals surface area contributed by atoms with Crippen molar-refractivity contribution in [3.8, 4) is 0 Å². The van der Waals surface area contributed by atoms with E-state index in [0.717, 1.165) is 19.6 Å². The van der Waals surface area contributed by atoms with Crippen molar-refractivity contribution >= 4 is 17.2 Å². The molecule has 1 saturated heterocycles. The van der Waals surface area contributed by atoms with Gasteiger partial charge >= 0.3 is 0 Å². The fourth-order valence-electron chi connectivity index (χ4n) is 1.63. The topological polar surface area (TPSA) is 41.6 Å². The SMILES string of the molecule is O=C(CNCc1cccs1)N1CCOCC1. The zero-order valence-corrected chi connectivity index (χ0v) is 9.96. The third-order valence-electron chi connectivity index (χ3n) is 2.52. The molecule has 0 spiro atoms. The lowest BCUT2D eigenvalue weighted by Gasteiger charge is -2.26. The highest BCUT2D eigenvalue weighted by atomic mass is 32.1. The Morgan fingerprint density at radius 1 is 1.50 bits per heavy atom. The molecule has 2 rings (SSSR count). The number of ether oxygens (including phenoxy) is 1. The summed E-state index contributed by atoms with van der Waals surface area (Å²) in [7, 11) is 0. The molecule has 0 atom stereocenters. The maximum Gasteiger partial charge on any atom is 0.236 e. The Bertz CT molecular complexity index is 321. The maximum absolute atomic E-state index is 11.7. The summed E-state index contributed by atoms with van der Waals surface area (Å²) in [5.41, 5.74) is 0. The number of nitrogens with one attached hydrogen (secondary N) is 1. The number of amides is 1. The van der Waals surface area contributed by atoms with Crippen LogP contribution in [0.3, 0.4) is 0 Å². The molecule has 5 heteroatoms. The summed E-state index contributed by atoms with van der Waals surface area (Å²) >= 11 is 1.70. The molecule has 1 aromatic rings. The average molecular weight is 240 g/mol. The predicted molar refractivity (Wildman–Crippen MR) is 63.4 cm³/mol.